The van der Waals surface area contributed by atoms with Crippen LogP contribution in [-0.4, -0.2) is 59.0 Å². The van der Waals surface area contributed by atoms with E-state index in [1.807, 2.05) is 11.8 Å². The molecule has 0 aromatic carbocycles. The molecule has 0 radical (unpaired) electrons. The zero-order valence-corrected chi connectivity index (χ0v) is 12.4. The molecule has 0 aliphatic carbocycles. The lowest BCUT2D eigenvalue weighted by Gasteiger charge is -2.31. The number of nitrogens with zero attached hydrogens (tertiary/aromatic N) is 1. The third kappa shape index (κ3) is 5.60. The van der Waals surface area contributed by atoms with Gasteiger partial charge in [-0.25, -0.2) is 0 Å². The highest BCUT2D eigenvalue weighted by molar-refractivity contribution is 8.00. The molecule has 0 aromatic heterocycles. The van der Waals surface area contributed by atoms with Crippen LogP contribution in [0.1, 0.15) is 34.1 Å². The average molecular weight is 261 g/mol. The van der Waals surface area contributed by atoms with Crippen LogP contribution in [0.15, 0.2) is 0 Å². The molecule has 1 aliphatic rings. The SMILES string of the molecule is C[C@@H]1OCC[C@H]1N(CCO)CCSC(C)(C)C. The molecule has 2 atom stereocenters. The smallest absolute Gasteiger partial charge is 0.0703 e. The van der Waals surface area contributed by atoms with Crippen LogP contribution in [-0.2, 0) is 4.74 Å². The summed E-state index contributed by atoms with van der Waals surface area (Å²) < 4.78 is 5.93. The average Bonchev–Trinajstić information content (AvgIpc) is 2.61. The molecule has 1 fully saturated rings. The minimum absolute atomic E-state index is 0.239. The Morgan fingerprint density at radius 1 is 1.35 bits per heavy atom. The summed E-state index contributed by atoms with van der Waals surface area (Å²) in [5, 5.41) is 9.15. The first-order valence-corrected chi connectivity index (χ1v) is 7.53. The number of aliphatic hydroxyl groups excluding tert-OH is 1. The number of ether oxygens (including phenoxy) is 1. The van der Waals surface area contributed by atoms with Crippen molar-refractivity contribution >= 4 is 11.8 Å². The number of rotatable bonds is 6. The lowest BCUT2D eigenvalue weighted by Crippen LogP contribution is -2.42. The second-order valence-corrected chi connectivity index (χ2v) is 7.57. The highest BCUT2D eigenvalue weighted by Gasteiger charge is 2.29. The summed E-state index contributed by atoms with van der Waals surface area (Å²) in [7, 11) is 0. The number of hydrogen-bond donors (Lipinski definition) is 1. The fourth-order valence-corrected chi connectivity index (χ4v) is 3.18. The van der Waals surface area contributed by atoms with Gasteiger partial charge in [-0.1, -0.05) is 20.8 Å². The molecule has 4 heteroatoms. The molecule has 0 aromatic rings. The van der Waals surface area contributed by atoms with Gasteiger partial charge in [0, 0.05) is 36.2 Å². The minimum Gasteiger partial charge on any atom is -0.395 e. The molecule has 3 nitrogen and oxygen atoms in total. The van der Waals surface area contributed by atoms with E-state index in [1.165, 1.54) is 0 Å². The van der Waals surface area contributed by atoms with E-state index in [1.54, 1.807) is 0 Å². The molecular formula is C13H27NO2S. The maximum Gasteiger partial charge on any atom is 0.0703 e. The summed E-state index contributed by atoms with van der Waals surface area (Å²) in [5.74, 6) is 1.12. The molecule has 0 amide bonds. The van der Waals surface area contributed by atoms with E-state index in [0.29, 0.717) is 16.9 Å². The minimum atomic E-state index is 0.239. The van der Waals surface area contributed by atoms with E-state index in [2.05, 4.69) is 32.6 Å². The van der Waals surface area contributed by atoms with Gasteiger partial charge in [-0.05, 0) is 13.3 Å². The Bertz CT molecular complexity index is 218. The van der Waals surface area contributed by atoms with E-state index >= 15 is 0 Å². The second-order valence-electron chi connectivity index (χ2n) is 5.65. The summed E-state index contributed by atoms with van der Waals surface area (Å²) in [6.45, 7) is 11.8. The van der Waals surface area contributed by atoms with Gasteiger partial charge in [0.15, 0.2) is 0 Å². The van der Waals surface area contributed by atoms with Crippen LogP contribution in [0.3, 0.4) is 0 Å². The first kappa shape index (κ1) is 15.3. The largest absolute Gasteiger partial charge is 0.395 e. The van der Waals surface area contributed by atoms with Crippen molar-refractivity contribution in [2.45, 2.75) is 51.0 Å². The van der Waals surface area contributed by atoms with Crippen molar-refractivity contribution in [2.24, 2.45) is 0 Å². The van der Waals surface area contributed by atoms with Crippen molar-refractivity contribution in [1.29, 1.82) is 0 Å². The van der Waals surface area contributed by atoms with Crippen molar-refractivity contribution in [2.75, 3.05) is 32.1 Å². The summed E-state index contributed by atoms with van der Waals surface area (Å²) >= 11 is 1.98. The summed E-state index contributed by atoms with van der Waals surface area (Å²) in [4.78, 5) is 2.39. The molecule has 0 spiro atoms. The Kier molecular flexibility index (Phi) is 6.27. The zero-order chi connectivity index (χ0) is 12.9. The lowest BCUT2D eigenvalue weighted by atomic mass is 10.1. The van der Waals surface area contributed by atoms with E-state index in [4.69, 9.17) is 9.84 Å². The van der Waals surface area contributed by atoms with E-state index in [9.17, 15) is 0 Å². The summed E-state index contributed by atoms with van der Waals surface area (Å²) in [6, 6.07) is 0.489. The van der Waals surface area contributed by atoms with Crippen molar-refractivity contribution in [1.82, 2.24) is 4.90 Å². The molecule has 102 valence electrons. The van der Waals surface area contributed by atoms with Gasteiger partial charge in [0.05, 0.1) is 12.7 Å². The van der Waals surface area contributed by atoms with Crippen LogP contribution >= 0.6 is 11.8 Å². The molecule has 1 rings (SSSR count). The third-order valence-electron chi connectivity index (χ3n) is 3.11. The predicted molar refractivity (Wildman–Crippen MR) is 74.7 cm³/mol. The molecule has 0 bridgehead atoms. The molecule has 1 heterocycles. The first-order valence-electron chi connectivity index (χ1n) is 6.54. The number of aliphatic hydroxyl groups is 1. The van der Waals surface area contributed by atoms with E-state index in [-0.39, 0.29) is 6.61 Å². The van der Waals surface area contributed by atoms with Crippen LogP contribution in [0.5, 0.6) is 0 Å². The van der Waals surface area contributed by atoms with Crippen LogP contribution in [0.4, 0.5) is 0 Å². The summed E-state index contributed by atoms with van der Waals surface area (Å²) in [6.07, 6.45) is 1.41. The third-order valence-corrected chi connectivity index (χ3v) is 4.36. The Morgan fingerprint density at radius 3 is 2.53 bits per heavy atom. The molecular weight excluding hydrogens is 234 g/mol. The number of thioether (sulfide) groups is 1. The maximum absolute atomic E-state index is 9.15. The quantitative estimate of drug-likeness (QED) is 0.792. The fourth-order valence-electron chi connectivity index (χ4n) is 2.24. The molecule has 0 unspecified atom stereocenters. The predicted octanol–water partition coefficient (Wildman–Crippen LogP) is 1.99. The van der Waals surface area contributed by atoms with Crippen molar-refractivity contribution < 1.29 is 9.84 Å². The Hall–Kier alpha value is 0.230. The highest BCUT2D eigenvalue weighted by atomic mass is 32.2. The van der Waals surface area contributed by atoms with E-state index < -0.39 is 0 Å². The van der Waals surface area contributed by atoms with Gasteiger partial charge in [0.2, 0.25) is 0 Å². The van der Waals surface area contributed by atoms with Gasteiger partial charge in [-0.3, -0.25) is 4.90 Å². The number of hydrogen-bond acceptors (Lipinski definition) is 4. The van der Waals surface area contributed by atoms with Crippen LogP contribution in [0, 0.1) is 0 Å². The van der Waals surface area contributed by atoms with E-state index in [0.717, 1.165) is 31.9 Å². The van der Waals surface area contributed by atoms with Gasteiger partial charge in [0.25, 0.3) is 0 Å². The van der Waals surface area contributed by atoms with Crippen LogP contribution in [0.2, 0.25) is 0 Å². The normalized spacial score (nSPS) is 25.8. The van der Waals surface area contributed by atoms with Gasteiger partial charge in [-0.2, -0.15) is 11.8 Å². The van der Waals surface area contributed by atoms with Gasteiger partial charge in [-0.15, -0.1) is 0 Å². The van der Waals surface area contributed by atoms with Crippen molar-refractivity contribution in [3.63, 3.8) is 0 Å². The highest BCUT2D eigenvalue weighted by Crippen LogP contribution is 2.24. The Labute approximate surface area is 110 Å². The lowest BCUT2D eigenvalue weighted by molar-refractivity contribution is 0.0687. The molecule has 1 saturated heterocycles. The van der Waals surface area contributed by atoms with Gasteiger partial charge >= 0.3 is 0 Å². The monoisotopic (exact) mass is 261 g/mol. The summed E-state index contributed by atoms with van der Waals surface area (Å²) in [5.41, 5.74) is 0. The first-order chi connectivity index (χ1) is 7.94. The second kappa shape index (κ2) is 6.98. The molecule has 0 saturated carbocycles. The topological polar surface area (TPSA) is 32.7 Å². The Balaban J connectivity index is 2.37. The molecule has 17 heavy (non-hydrogen) atoms. The Morgan fingerprint density at radius 2 is 2.06 bits per heavy atom. The molecule has 1 aliphatic heterocycles. The van der Waals surface area contributed by atoms with Crippen molar-refractivity contribution in [3.8, 4) is 0 Å². The standard InChI is InChI=1S/C13H27NO2S/c1-11-12(5-9-16-11)14(6-8-15)7-10-17-13(2,3)4/h11-12,15H,5-10H2,1-4H3/t11-,12+/m0/s1. The van der Waals surface area contributed by atoms with Crippen LogP contribution in [0.25, 0.3) is 0 Å². The zero-order valence-electron chi connectivity index (χ0n) is 11.6. The van der Waals surface area contributed by atoms with Gasteiger partial charge < -0.3 is 9.84 Å². The molecule has 1 N–H and O–H groups in total. The van der Waals surface area contributed by atoms with Crippen LogP contribution < -0.4 is 0 Å². The fraction of sp³-hybridized carbons (Fsp3) is 1.00. The van der Waals surface area contributed by atoms with Gasteiger partial charge in [0.1, 0.15) is 0 Å². The van der Waals surface area contributed by atoms with Crippen molar-refractivity contribution in [3.05, 3.63) is 0 Å². The maximum atomic E-state index is 9.15.